The Balaban J connectivity index is 1.59. The molecule has 0 atom stereocenters. The fourth-order valence-corrected chi connectivity index (χ4v) is 4.34. The van der Waals surface area contributed by atoms with E-state index < -0.39 is 10.0 Å². The molecule has 0 radical (unpaired) electrons. The summed E-state index contributed by atoms with van der Waals surface area (Å²) in [4.78, 5) is 12.4. The Kier molecular flexibility index (Phi) is 7.84. The van der Waals surface area contributed by atoms with Gasteiger partial charge in [0.1, 0.15) is 0 Å². The minimum Gasteiger partial charge on any atom is -0.493 e. The van der Waals surface area contributed by atoms with Crippen LogP contribution in [0.25, 0.3) is 0 Å². The van der Waals surface area contributed by atoms with E-state index in [4.69, 9.17) is 21.1 Å². The van der Waals surface area contributed by atoms with Crippen molar-refractivity contribution in [2.24, 2.45) is 0 Å². The van der Waals surface area contributed by atoms with E-state index in [2.05, 4.69) is 10.0 Å². The summed E-state index contributed by atoms with van der Waals surface area (Å²) in [6.45, 7) is 1.83. The maximum atomic E-state index is 12.6. The molecule has 0 spiro atoms. The summed E-state index contributed by atoms with van der Waals surface area (Å²) < 4.78 is 38.3. The zero-order chi connectivity index (χ0) is 24.0. The van der Waals surface area contributed by atoms with Gasteiger partial charge in [0.05, 0.1) is 24.8 Å². The van der Waals surface area contributed by atoms with Crippen molar-refractivity contribution in [2.75, 3.05) is 24.3 Å². The standard InChI is InChI=1S/C24H25ClN2O5S/c1-16-4-7-19(15-21(16)25)27-33(29,30)20-10-8-18(9-11-20)26-24(28)13-6-17-5-12-22(31-2)23(14-17)32-3/h4-5,7-12,14-15,27H,6,13H2,1-3H3,(H,26,28). The van der Waals surface area contributed by atoms with Crippen LogP contribution >= 0.6 is 11.6 Å². The second-order valence-electron chi connectivity index (χ2n) is 7.33. The average Bonchev–Trinajstić information content (AvgIpc) is 2.80. The third kappa shape index (κ3) is 6.40. The number of amides is 1. The zero-order valence-electron chi connectivity index (χ0n) is 18.5. The van der Waals surface area contributed by atoms with Gasteiger partial charge < -0.3 is 14.8 Å². The van der Waals surface area contributed by atoms with Gasteiger partial charge in [0, 0.05) is 17.1 Å². The van der Waals surface area contributed by atoms with Crippen LogP contribution in [0.1, 0.15) is 17.5 Å². The van der Waals surface area contributed by atoms with Crippen molar-refractivity contribution >= 4 is 38.9 Å². The molecule has 7 nitrogen and oxygen atoms in total. The van der Waals surface area contributed by atoms with Crippen molar-refractivity contribution in [1.29, 1.82) is 0 Å². The first-order valence-corrected chi connectivity index (χ1v) is 12.0. The Morgan fingerprint density at radius 3 is 2.21 bits per heavy atom. The zero-order valence-corrected chi connectivity index (χ0v) is 20.1. The maximum Gasteiger partial charge on any atom is 0.261 e. The molecule has 0 fully saturated rings. The number of rotatable bonds is 9. The van der Waals surface area contributed by atoms with Gasteiger partial charge in [-0.15, -0.1) is 0 Å². The predicted octanol–water partition coefficient (Wildman–Crippen LogP) is 5.04. The maximum absolute atomic E-state index is 12.6. The Labute approximate surface area is 198 Å². The molecule has 0 aliphatic rings. The molecule has 0 saturated carbocycles. The quantitative estimate of drug-likeness (QED) is 0.440. The van der Waals surface area contributed by atoms with Crippen LogP contribution in [-0.4, -0.2) is 28.5 Å². The molecule has 0 aromatic heterocycles. The van der Waals surface area contributed by atoms with Crippen LogP contribution in [-0.2, 0) is 21.2 Å². The normalized spacial score (nSPS) is 11.0. The third-order valence-corrected chi connectivity index (χ3v) is 6.77. The Hall–Kier alpha value is -3.23. The number of hydrogen-bond donors (Lipinski definition) is 2. The summed E-state index contributed by atoms with van der Waals surface area (Å²) in [5, 5.41) is 3.25. The molecule has 0 aliphatic heterocycles. The molecular formula is C24H25ClN2O5S. The van der Waals surface area contributed by atoms with Crippen LogP contribution in [0.4, 0.5) is 11.4 Å². The summed E-state index contributed by atoms with van der Waals surface area (Å²) in [6, 6.07) is 16.4. The van der Waals surface area contributed by atoms with Gasteiger partial charge in [0.15, 0.2) is 11.5 Å². The average molecular weight is 489 g/mol. The fraction of sp³-hybridized carbons (Fsp3) is 0.208. The van der Waals surface area contributed by atoms with Gasteiger partial charge in [-0.25, -0.2) is 8.42 Å². The lowest BCUT2D eigenvalue weighted by molar-refractivity contribution is -0.116. The van der Waals surface area contributed by atoms with Crippen molar-refractivity contribution in [3.63, 3.8) is 0 Å². The molecule has 3 rings (SSSR count). The van der Waals surface area contributed by atoms with Gasteiger partial charge in [0.25, 0.3) is 10.0 Å². The number of halogens is 1. The molecule has 0 saturated heterocycles. The van der Waals surface area contributed by atoms with Crippen LogP contribution in [0.2, 0.25) is 5.02 Å². The monoisotopic (exact) mass is 488 g/mol. The van der Waals surface area contributed by atoms with Crippen LogP contribution in [0, 0.1) is 6.92 Å². The van der Waals surface area contributed by atoms with Crippen molar-refractivity contribution in [2.45, 2.75) is 24.7 Å². The first-order chi connectivity index (χ1) is 15.7. The van der Waals surface area contributed by atoms with Gasteiger partial charge in [-0.05, 0) is 73.0 Å². The van der Waals surface area contributed by atoms with Crippen LogP contribution in [0.15, 0.2) is 65.6 Å². The molecule has 2 N–H and O–H groups in total. The van der Waals surface area contributed by atoms with E-state index in [1.54, 1.807) is 50.6 Å². The largest absolute Gasteiger partial charge is 0.493 e. The van der Waals surface area contributed by atoms with Crippen LogP contribution < -0.4 is 19.5 Å². The highest BCUT2D eigenvalue weighted by Gasteiger charge is 2.15. The number of methoxy groups -OCH3 is 2. The third-order valence-electron chi connectivity index (χ3n) is 4.96. The predicted molar refractivity (Wildman–Crippen MR) is 130 cm³/mol. The lowest BCUT2D eigenvalue weighted by atomic mass is 10.1. The minimum absolute atomic E-state index is 0.0718. The lowest BCUT2D eigenvalue weighted by Gasteiger charge is -2.11. The number of anilines is 2. The van der Waals surface area contributed by atoms with Crippen molar-refractivity contribution < 1.29 is 22.7 Å². The van der Waals surface area contributed by atoms with Gasteiger partial charge in [0.2, 0.25) is 5.91 Å². The minimum atomic E-state index is -3.79. The number of carbonyl (C=O) groups is 1. The van der Waals surface area contributed by atoms with Crippen molar-refractivity contribution in [3.05, 3.63) is 76.8 Å². The van der Waals surface area contributed by atoms with E-state index in [-0.39, 0.29) is 17.2 Å². The number of sulfonamides is 1. The van der Waals surface area contributed by atoms with Crippen LogP contribution in [0.3, 0.4) is 0 Å². The highest BCUT2D eigenvalue weighted by Crippen LogP contribution is 2.28. The molecule has 33 heavy (non-hydrogen) atoms. The molecule has 1 amide bonds. The second kappa shape index (κ2) is 10.6. The highest BCUT2D eigenvalue weighted by molar-refractivity contribution is 7.92. The van der Waals surface area contributed by atoms with Crippen LogP contribution in [0.5, 0.6) is 11.5 Å². The van der Waals surface area contributed by atoms with Gasteiger partial charge in [-0.2, -0.15) is 0 Å². The molecule has 0 heterocycles. The first kappa shape index (κ1) is 24.4. The summed E-state index contributed by atoms with van der Waals surface area (Å²) in [5.41, 5.74) is 2.67. The molecule has 0 unspecified atom stereocenters. The summed E-state index contributed by atoms with van der Waals surface area (Å²) in [5.74, 6) is 1.04. The van der Waals surface area contributed by atoms with E-state index in [0.29, 0.717) is 34.3 Å². The Morgan fingerprint density at radius 1 is 0.909 bits per heavy atom. The van der Waals surface area contributed by atoms with E-state index in [1.807, 2.05) is 19.1 Å². The van der Waals surface area contributed by atoms with Crippen molar-refractivity contribution in [3.8, 4) is 11.5 Å². The van der Waals surface area contributed by atoms with E-state index in [1.165, 1.54) is 12.1 Å². The second-order valence-corrected chi connectivity index (χ2v) is 9.42. The summed E-state index contributed by atoms with van der Waals surface area (Å²) >= 11 is 6.06. The fourth-order valence-electron chi connectivity index (χ4n) is 3.11. The number of carbonyl (C=O) groups excluding carboxylic acids is 1. The smallest absolute Gasteiger partial charge is 0.261 e. The number of ether oxygens (including phenoxy) is 2. The molecule has 9 heteroatoms. The lowest BCUT2D eigenvalue weighted by Crippen LogP contribution is -2.14. The summed E-state index contributed by atoms with van der Waals surface area (Å²) in [7, 11) is -0.666. The Morgan fingerprint density at radius 2 is 1.58 bits per heavy atom. The number of benzene rings is 3. The van der Waals surface area contributed by atoms with E-state index >= 15 is 0 Å². The number of hydrogen-bond acceptors (Lipinski definition) is 5. The molecule has 0 aliphatic carbocycles. The SMILES string of the molecule is COc1ccc(CCC(=O)Nc2ccc(S(=O)(=O)Nc3ccc(C)c(Cl)c3)cc2)cc1OC. The molecule has 3 aromatic carbocycles. The molecule has 0 bridgehead atoms. The summed E-state index contributed by atoms with van der Waals surface area (Å²) in [6.07, 6.45) is 0.771. The van der Waals surface area contributed by atoms with E-state index in [9.17, 15) is 13.2 Å². The number of aryl methyl sites for hydroxylation is 2. The van der Waals surface area contributed by atoms with Crippen molar-refractivity contribution in [1.82, 2.24) is 0 Å². The van der Waals surface area contributed by atoms with Gasteiger partial charge in [-0.3, -0.25) is 9.52 Å². The van der Waals surface area contributed by atoms with E-state index in [0.717, 1.165) is 11.1 Å². The van der Waals surface area contributed by atoms with Gasteiger partial charge >= 0.3 is 0 Å². The number of nitrogens with one attached hydrogen (secondary N) is 2. The highest BCUT2D eigenvalue weighted by atomic mass is 35.5. The van der Waals surface area contributed by atoms with Gasteiger partial charge in [-0.1, -0.05) is 23.7 Å². The molecule has 3 aromatic rings. The topological polar surface area (TPSA) is 93.7 Å². The molecular weight excluding hydrogens is 464 g/mol. The Bertz CT molecular complexity index is 1240. The molecule has 174 valence electrons. The first-order valence-electron chi connectivity index (χ1n) is 10.1.